The molecule has 1 N–H and O–H groups in total. The Bertz CT molecular complexity index is 483. The summed E-state index contributed by atoms with van der Waals surface area (Å²) in [7, 11) is 0. The van der Waals surface area contributed by atoms with Crippen molar-refractivity contribution in [2.75, 3.05) is 5.32 Å². The van der Waals surface area contributed by atoms with Gasteiger partial charge in [-0.2, -0.15) is 0 Å². The number of nitro groups is 1. The highest BCUT2D eigenvalue weighted by molar-refractivity contribution is 6.42. The van der Waals surface area contributed by atoms with E-state index in [1.165, 1.54) is 12.1 Å². The van der Waals surface area contributed by atoms with Gasteiger partial charge in [-0.05, 0) is 12.5 Å². The van der Waals surface area contributed by atoms with Crippen molar-refractivity contribution in [3.8, 4) is 12.3 Å². The number of hydrogen-bond donors (Lipinski definition) is 1. The van der Waals surface area contributed by atoms with Gasteiger partial charge in [-0.25, -0.2) is 0 Å². The summed E-state index contributed by atoms with van der Waals surface area (Å²) in [5.41, 5.74) is 0.127. The summed E-state index contributed by atoms with van der Waals surface area (Å²) >= 11 is 11.5. The van der Waals surface area contributed by atoms with Crippen LogP contribution in [0.2, 0.25) is 10.0 Å². The Morgan fingerprint density at radius 3 is 2.59 bits per heavy atom. The van der Waals surface area contributed by atoms with Gasteiger partial charge in [0.15, 0.2) is 0 Å². The van der Waals surface area contributed by atoms with Crippen LogP contribution in [0.5, 0.6) is 0 Å². The Morgan fingerprint density at radius 1 is 1.53 bits per heavy atom. The normalized spacial score (nSPS) is 11.6. The number of halogens is 2. The Hall–Kier alpha value is -1.44. The zero-order valence-corrected chi connectivity index (χ0v) is 10.5. The van der Waals surface area contributed by atoms with Crippen molar-refractivity contribution in [2.45, 2.75) is 19.4 Å². The fraction of sp³-hybridized carbons (Fsp3) is 0.273. The van der Waals surface area contributed by atoms with Crippen molar-refractivity contribution in [1.82, 2.24) is 0 Å². The zero-order valence-electron chi connectivity index (χ0n) is 9.04. The molecule has 17 heavy (non-hydrogen) atoms. The average molecular weight is 273 g/mol. The summed E-state index contributed by atoms with van der Waals surface area (Å²) in [6, 6.07) is 2.32. The van der Waals surface area contributed by atoms with Gasteiger partial charge < -0.3 is 5.32 Å². The fourth-order valence-corrected chi connectivity index (χ4v) is 1.57. The zero-order chi connectivity index (χ0) is 13.0. The second kappa shape index (κ2) is 5.76. The van der Waals surface area contributed by atoms with E-state index in [0.717, 1.165) is 0 Å². The molecule has 1 rings (SSSR count). The quantitative estimate of drug-likeness (QED) is 0.516. The molecular weight excluding hydrogens is 263 g/mol. The van der Waals surface area contributed by atoms with Gasteiger partial charge in [0, 0.05) is 6.07 Å². The molecule has 0 aromatic heterocycles. The van der Waals surface area contributed by atoms with Gasteiger partial charge in [-0.15, -0.1) is 6.42 Å². The SMILES string of the molecule is C#CC(CC)Nc1cc(Cl)c(Cl)cc1[N+](=O)[O-]. The van der Waals surface area contributed by atoms with Crippen LogP contribution in [0.3, 0.4) is 0 Å². The van der Waals surface area contributed by atoms with Crippen molar-refractivity contribution >= 4 is 34.6 Å². The summed E-state index contributed by atoms with van der Waals surface area (Å²) in [6.45, 7) is 1.88. The van der Waals surface area contributed by atoms with Crippen molar-refractivity contribution in [3.63, 3.8) is 0 Å². The minimum absolute atomic E-state index is 0.137. The number of terminal acetylenes is 1. The number of nitrogens with zero attached hydrogens (tertiary/aromatic N) is 1. The van der Waals surface area contributed by atoms with Crippen molar-refractivity contribution < 1.29 is 4.92 Å². The lowest BCUT2D eigenvalue weighted by atomic mass is 10.2. The van der Waals surface area contributed by atoms with E-state index in [1.807, 2.05) is 6.92 Å². The van der Waals surface area contributed by atoms with Crippen molar-refractivity contribution in [1.29, 1.82) is 0 Å². The Balaban J connectivity index is 3.18. The topological polar surface area (TPSA) is 55.2 Å². The van der Waals surface area contributed by atoms with E-state index in [4.69, 9.17) is 29.6 Å². The van der Waals surface area contributed by atoms with Crippen LogP contribution in [-0.2, 0) is 0 Å². The second-order valence-electron chi connectivity index (χ2n) is 3.31. The van der Waals surface area contributed by atoms with E-state index in [0.29, 0.717) is 6.42 Å². The van der Waals surface area contributed by atoms with E-state index >= 15 is 0 Å². The first-order valence-corrected chi connectivity index (χ1v) is 5.61. The molecule has 0 spiro atoms. The predicted molar refractivity (Wildman–Crippen MR) is 69.7 cm³/mol. The lowest BCUT2D eigenvalue weighted by Gasteiger charge is -2.13. The monoisotopic (exact) mass is 272 g/mol. The van der Waals surface area contributed by atoms with Gasteiger partial charge in [0.25, 0.3) is 5.69 Å². The van der Waals surface area contributed by atoms with Crippen LogP contribution in [-0.4, -0.2) is 11.0 Å². The van der Waals surface area contributed by atoms with Crippen LogP contribution in [0.1, 0.15) is 13.3 Å². The van der Waals surface area contributed by atoms with Gasteiger partial charge in [-0.3, -0.25) is 10.1 Å². The third-order valence-electron chi connectivity index (χ3n) is 2.17. The fourth-order valence-electron chi connectivity index (χ4n) is 1.25. The number of anilines is 1. The molecule has 1 aromatic rings. The molecule has 0 aliphatic heterocycles. The maximum Gasteiger partial charge on any atom is 0.293 e. The number of rotatable bonds is 4. The number of nitro benzene ring substituents is 1. The smallest absolute Gasteiger partial charge is 0.293 e. The molecule has 1 atom stereocenters. The highest BCUT2D eigenvalue weighted by Gasteiger charge is 2.18. The highest BCUT2D eigenvalue weighted by Crippen LogP contribution is 2.34. The summed E-state index contributed by atoms with van der Waals surface area (Å²) in [4.78, 5) is 10.3. The lowest BCUT2D eigenvalue weighted by Crippen LogP contribution is -2.16. The molecule has 0 aliphatic carbocycles. The molecule has 90 valence electrons. The largest absolute Gasteiger partial charge is 0.366 e. The number of hydrogen-bond acceptors (Lipinski definition) is 3. The summed E-state index contributed by atoms with van der Waals surface area (Å²) < 4.78 is 0. The molecule has 0 radical (unpaired) electrons. The maximum atomic E-state index is 10.9. The Labute approximate surface area is 109 Å². The molecule has 0 saturated carbocycles. The molecular formula is C11H10Cl2N2O2. The van der Waals surface area contributed by atoms with Crippen LogP contribution in [0.15, 0.2) is 12.1 Å². The van der Waals surface area contributed by atoms with E-state index in [9.17, 15) is 10.1 Å². The summed E-state index contributed by atoms with van der Waals surface area (Å²) in [5.74, 6) is 2.49. The van der Waals surface area contributed by atoms with Gasteiger partial charge in [0.05, 0.1) is 21.0 Å². The minimum atomic E-state index is -0.534. The number of benzene rings is 1. The second-order valence-corrected chi connectivity index (χ2v) is 4.13. The van der Waals surface area contributed by atoms with Crippen LogP contribution >= 0.6 is 23.2 Å². The maximum absolute atomic E-state index is 10.9. The van der Waals surface area contributed by atoms with Gasteiger partial charge in [0.2, 0.25) is 0 Å². The van der Waals surface area contributed by atoms with E-state index < -0.39 is 4.92 Å². The third-order valence-corrected chi connectivity index (χ3v) is 2.90. The number of nitrogens with one attached hydrogen (secondary N) is 1. The standard InChI is InChI=1S/C11H10Cl2N2O2/c1-3-7(4-2)14-10-5-8(12)9(13)6-11(10)15(16)17/h1,5-7,14H,4H2,2H3. The van der Waals surface area contributed by atoms with Crippen LogP contribution in [0, 0.1) is 22.5 Å². The van der Waals surface area contributed by atoms with E-state index in [1.54, 1.807) is 0 Å². The summed E-state index contributed by atoms with van der Waals surface area (Å²) in [6.07, 6.45) is 5.93. The summed E-state index contributed by atoms with van der Waals surface area (Å²) in [5, 5.41) is 14.1. The van der Waals surface area contributed by atoms with Crippen molar-refractivity contribution in [3.05, 3.63) is 32.3 Å². The molecule has 0 aliphatic rings. The van der Waals surface area contributed by atoms with Crippen LogP contribution in [0.25, 0.3) is 0 Å². The van der Waals surface area contributed by atoms with Crippen LogP contribution in [0.4, 0.5) is 11.4 Å². The van der Waals surface area contributed by atoms with E-state index in [2.05, 4.69) is 11.2 Å². The molecule has 0 bridgehead atoms. The molecule has 4 nitrogen and oxygen atoms in total. The van der Waals surface area contributed by atoms with Gasteiger partial charge in [-0.1, -0.05) is 36.0 Å². The van der Waals surface area contributed by atoms with Crippen molar-refractivity contribution in [2.24, 2.45) is 0 Å². The Morgan fingerprint density at radius 2 is 2.12 bits per heavy atom. The molecule has 0 heterocycles. The van der Waals surface area contributed by atoms with Gasteiger partial charge >= 0.3 is 0 Å². The predicted octanol–water partition coefficient (Wildman–Crippen LogP) is 3.73. The minimum Gasteiger partial charge on any atom is -0.366 e. The lowest BCUT2D eigenvalue weighted by molar-refractivity contribution is -0.384. The van der Waals surface area contributed by atoms with E-state index in [-0.39, 0.29) is 27.5 Å². The van der Waals surface area contributed by atoms with Gasteiger partial charge in [0.1, 0.15) is 5.69 Å². The first-order chi connectivity index (χ1) is 7.99. The molecule has 1 unspecified atom stereocenters. The molecule has 0 amide bonds. The van der Waals surface area contributed by atoms with Crippen LogP contribution < -0.4 is 5.32 Å². The molecule has 0 saturated heterocycles. The Kier molecular flexibility index (Phi) is 4.62. The third kappa shape index (κ3) is 3.26. The first kappa shape index (κ1) is 13.6. The first-order valence-electron chi connectivity index (χ1n) is 4.85. The average Bonchev–Trinajstić information content (AvgIpc) is 2.29. The highest BCUT2D eigenvalue weighted by atomic mass is 35.5. The molecule has 1 aromatic carbocycles. The molecule has 6 heteroatoms. The molecule has 0 fully saturated rings.